The van der Waals surface area contributed by atoms with Crippen LogP contribution in [0.15, 0.2) is 24.3 Å². The molecule has 0 unspecified atom stereocenters. The second kappa shape index (κ2) is 7.09. The molecule has 1 aromatic rings. The maximum Gasteiger partial charge on any atom is 0.115 e. The summed E-state index contributed by atoms with van der Waals surface area (Å²) in [5, 5.41) is 13.0. The smallest absolute Gasteiger partial charge is 0.115 e. The number of ether oxygens (including phenoxy) is 1. The van der Waals surface area contributed by atoms with Crippen LogP contribution in [0.2, 0.25) is 0 Å². The molecule has 1 heterocycles. The molecule has 20 heavy (non-hydrogen) atoms. The Labute approximate surface area is 122 Å². The Hall–Kier alpha value is -1.06. The summed E-state index contributed by atoms with van der Waals surface area (Å²) >= 11 is 0. The lowest BCUT2D eigenvalue weighted by atomic mass is 9.75. The standard InChI is InChI=1S/C17H27NO2/c1-14(2)12-18-13-17(7-9-20-10-8-17)11-15-3-5-16(19)6-4-15/h3-6,14,18-19H,7-13H2,1-2H3. The van der Waals surface area contributed by atoms with Gasteiger partial charge in [0.25, 0.3) is 0 Å². The van der Waals surface area contributed by atoms with Gasteiger partial charge in [0, 0.05) is 19.8 Å². The minimum Gasteiger partial charge on any atom is -0.508 e. The Morgan fingerprint density at radius 2 is 1.85 bits per heavy atom. The number of benzene rings is 1. The first-order valence-corrected chi connectivity index (χ1v) is 7.66. The number of nitrogens with one attached hydrogen (secondary N) is 1. The van der Waals surface area contributed by atoms with Gasteiger partial charge in [0.2, 0.25) is 0 Å². The second-order valence-electron chi connectivity index (χ2n) is 6.48. The van der Waals surface area contributed by atoms with E-state index in [1.54, 1.807) is 12.1 Å². The van der Waals surface area contributed by atoms with E-state index in [1.165, 1.54) is 5.56 Å². The number of hydrogen-bond donors (Lipinski definition) is 2. The average Bonchev–Trinajstić information content (AvgIpc) is 2.42. The molecule has 1 aromatic carbocycles. The summed E-state index contributed by atoms with van der Waals surface area (Å²) in [6.07, 6.45) is 3.28. The molecule has 112 valence electrons. The molecule has 3 heteroatoms. The lowest BCUT2D eigenvalue weighted by molar-refractivity contribution is 0.0147. The topological polar surface area (TPSA) is 41.5 Å². The van der Waals surface area contributed by atoms with Crippen LogP contribution >= 0.6 is 0 Å². The van der Waals surface area contributed by atoms with E-state index in [-0.39, 0.29) is 0 Å². The van der Waals surface area contributed by atoms with E-state index < -0.39 is 0 Å². The number of rotatable bonds is 6. The van der Waals surface area contributed by atoms with Gasteiger partial charge in [-0.05, 0) is 54.8 Å². The monoisotopic (exact) mass is 277 g/mol. The Morgan fingerprint density at radius 3 is 2.45 bits per heavy atom. The van der Waals surface area contributed by atoms with Crippen LogP contribution in [-0.4, -0.2) is 31.4 Å². The molecule has 0 aliphatic carbocycles. The summed E-state index contributed by atoms with van der Waals surface area (Å²) in [6, 6.07) is 7.64. The third-order valence-corrected chi connectivity index (χ3v) is 4.12. The fourth-order valence-electron chi connectivity index (χ4n) is 2.89. The molecule has 1 aliphatic rings. The van der Waals surface area contributed by atoms with Crippen LogP contribution in [0, 0.1) is 11.3 Å². The third-order valence-electron chi connectivity index (χ3n) is 4.12. The minimum absolute atomic E-state index is 0.296. The van der Waals surface area contributed by atoms with Gasteiger partial charge in [-0.25, -0.2) is 0 Å². The number of aromatic hydroxyl groups is 1. The van der Waals surface area contributed by atoms with Gasteiger partial charge in [-0.1, -0.05) is 26.0 Å². The lowest BCUT2D eigenvalue weighted by Gasteiger charge is -2.38. The van der Waals surface area contributed by atoms with Crippen molar-refractivity contribution in [1.82, 2.24) is 5.32 Å². The van der Waals surface area contributed by atoms with Gasteiger partial charge >= 0.3 is 0 Å². The van der Waals surface area contributed by atoms with E-state index in [9.17, 15) is 5.11 Å². The molecule has 0 saturated carbocycles. The molecule has 0 atom stereocenters. The zero-order valence-electron chi connectivity index (χ0n) is 12.7. The van der Waals surface area contributed by atoms with Crippen LogP contribution in [0.1, 0.15) is 32.3 Å². The number of phenolic OH excluding ortho intramolecular Hbond substituents is 1. The molecular weight excluding hydrogens is 250 g/mol. The summed E-state index contributed by atoms with van der Waals surface area (Å²) in [4.78, 5) is 0. The molecule has 0 aromatic heterocycles. The van der Waals surface area contributed by atoms with Crippen LogP contribution < -0.4 is 5.32 Å². The molecule has 2 rings (SSSR count). The van der Waals surface area contributed by atoms with Crippen molar-refractivity contribution in [2.24, 2.45) is 11.3 Å². The fourth-order valence-corrected chi connectivity index (χ4v) is 2.89. The van der Waals surface area contributed by atoms with E-state index in [1.807, 2.05) is 12.1 Å². The number of hydrogen-bond acceptors (Lipinski definition) is 3. The largest absolute Gasteiger partial charge is 0.508 e. The first-order valence-electron chi connectivity index (χ1n) is 7.66. The van der Waals surface area contributed by atoms with Crippen molar-refractivity contribution in [1.29, 1.82) is 0 Å². The van der Waals surface area contributed by atoms with Gasteiger partial charge in [0.05, 0.1) is 0 Å². The second-order valence-corrected chi connectivity index (χ2v) is 6.48. The number of phenols is 1. The maximum absolute atomic E-state index is 9.40. The van der Waals surface area contributed by atoms with Gasteiger partial charge in [0.15, 0.2) is 0 Å². The summed E-state index contributed by atoms with van der Waals surface area (Å²) in [6.45, 7) is 8.32. The van der Waals surface area contributed by atoms with E-state index in [2.05, 4.69) is 19.2 Å². The summed E-state index contributed by atoms with van der Waals surface area (Å²) in [5.74, 6) is 1.02. The highest BCUT2D eigenvalue weighted by atomic mass is 16.5. The van der Waals surface area contributed by atoms with Crippen molar-refractivity contribution in [2.75, 3.05) is 26.3 Å². The summed E-state index contributed by atoms with van der Waals surface area (Å²) in [7, 11) is 0. The van der Waals surface area contributed by atoms with Crippen LogP contribution in [0.25, 0.3) is 0 Å². The molecule has 0 spiro atoms. The quantitative estimate of drug-likeness (QED) is 0.840. The van der Waals surface area contributed by atoms with Crippen molar-refractivity contribution >= 4 is 0 Å². The molecule has 0 radical (unpaired) electrons. The summed E-state index contributed by atoms with van der Waals surface area (Å²) < 4.78 is 5.54. The minimum atomic E-state index is 0.296. The van der Waals surface area contributed by atoms with Crippen LogP contribution in [0.4, 0.5) is 0 Å². The van der Waals surface area contributed by atoms with Crippen molar-refractivity contribution in [2.45, 2.75) is 33.1 Å². The Bertz CT molecular complexity index is 394. The Kier molecular flexibility index (Phi) is 5.44. The van der Waals surface area contributed by atoms with E-state index >= 15 is 0 Å². The van der Waals surface area contributed by atoms with Gasteiger partial charge in [-0.15, -0.1) is 0 Å². The lowest BCUT2D eigenvalue weighted by Crippen LogP contribution is -2.41. The highest BCUT2D eigenvalue weighted by Gasteiger charge is 2.32. The normalized spacial score (nSPS) is 18.4. The van der Waals surface area contributed by atoms with E-state index in [0.717, 1.165) is 45.6 Å². The Balaban J connectivity index is 2.00. The molecule has 1 saturated heterocycles. The zero-order chi connectivity index (χ0) is 14.4. The Morgan fingerprint density at radius 1 is 1.20 bits per heavy atom. The predicted molar refractivity (Wildman–Crippen MR) is 82.0 cm³/mol. The van der Waals surface area contributed by atoms with Crippen molar-refractivity contribution in [3.05, 3.63) is 29.8 Å². The van der Waals surface area contributed by atoms with E-state index in [4.69, 9.17) is 4.74 Å². The van der Waals surface area contributed by atoms with Gasteiger partial charge in [-0.2, -0.15) is 0 Å². The summed E-state index contributed by atoms with van der Waals surface area (Å²) in [5.41, 5.74) is 1.60. The fraction of sp³-hybridized carbons (Fsp3) is 0.647. The first kappa shape index (κ1) is 15.3. The molecule has 1 aliphatic heterocycles. The SMILES string of the molecule is CC(C)CNCC1(Cc2ccc(O)cc2)CCOCC1. The molecule has 1 fully saturated rings. The van der Waals surface area contributed by atoms with Crippen molar-refractivity contribution in [3.8, 4) is 5.75 Å². The molecule has 3 nitrogen and oxygen atoms in total. The molecule has 0 amide bonds. The van der Waals surface area contributed by atoms with Gasteiger partial charge in [0.1, 0.15) is 5.75 Å². The maximum atomic E-state index is 9.40. The molecular formula is C17H27NO2. The highest BCUT2D eigenvalue weighted by molar-refractivity contribution is 5.26. The van der Waals surface area contributed by atoms with Crippen LogP contribution in [0.3, 0.4) is 0 Å². The van der Waals surface area contributed by atoms with Crippen LogP contribution in [0.5, 0.6) is 5.75 Å². The van der Waals surface area contributed by atoms with Gasteiger partial charge < -0.3 is 15.2 Å². The van der Waals surface area contributed by atoms with Gasteiger partial charge in [-0.3, -0.25) is 0 Å². The average molecular weight is 277 g/mol. The predicted octanol–water partition coefficient (Wildman–Crippen LogP) is 2.98. The first-order chi connectivity index (χ1) is 9.60. The molecule has 2 N–H and O–H groups in total. The molecule has 0 bridgehead atoms. The third kappa shape index (κ3) is 4.50. The highest BCUT2D eigenvalue weighted by Crippen LogP contribution is 2.34. The van der Waals surface area contributed by atoms with Crippen LogP contribution in [-0.2, 0) is 11.2 Å². The van der Waals surface area contributed by atoms with Crippen molar-refractivity contribution < 1.29 is 9.84 Å². The van der Waals surface area contributed by atoms with E-state index in [0.29, 0.717) is 17.1 Å². The zero-order valence-corrected chi connectivity index (χ0v) is 12.7. The van der Waals surface area contributed by atoms with Crippen molar-refractivity contribution in [3.63, 3.8) is 0 Å².